The lowest BCUT2D eigenvalue weighted by molar-refractivity contribution is -0.115. The van der Waals surface area contributed by atoms with Crippen LogP contribution in [0.1, 0.15) is 19.7 Å². The molecule has 0 fully saturated rings. The van der Waals surface area contributed by atoms with Crippen LogP contribution in [0.4, 0.5) is 11.5 Å². The average molecular weight is 414 g/mol. The summed E-state index contributed by atoms with van der Waals surface area (Å²) in [5, 5.41) is 0. The van der Waals surface area contributed by atoms with Gasteiger partial charge in [0.25, 0.3) is 0 Å². The molecule has 0 N–H and O–H groups in total. The number of benzene rings is 1. The van der Waals surface area contributed by atoms with E-state index in [2.05, 4.69) is 35.9 Å². The molecule has 1 amide bonds. The van der Waals surface area contributed by atoms with Crippen molar-refractivity contribution in [3.05, 3.63) is 59.2 Å². The van der Waals surface area contributed by atoms with Gasteiger partial charge in [-0.25, -0.2) is 19.9 Å². The lowest BCUT2D eigenvalue weighted by Crippen LogP contribution is -2.24. The highest BCUT2D eigenvalue weighted by Crippen LogP contribution is 2.27. The number of ether oxygens (including phenoxy) is 1. The molecule has 26 heavy (non-hydrogen) atoms. The number of carbonyl (C=O) groups is 1. The third-order valence-corrected chi connectivity index (χ3v) is 3.86. The second-order valence-electron chi connectivity index (χ2n) is 5.32. The van der Waals surface area contributed by atoms with Gasteiger partial charge in [-0.2, -0.15) is 0 Å². The van der Waals surface area contributed by atoms with Crippen molar-refractivity contribution in [1.82, 2.24) is 19.9 Å². The van der Waals surface area contributed by atoms with Gasteiger partial charge in [0.1, 0.15) is 17.4 Å². The van der Waals surface area contributed by atoms with E-state index >= 15 is 0 Å². The standard InChI is InChI=1S/C18H16BrN5O2/c1-3-16-20-9-8-17(23-16)24(12(2)25)14-4-6-15(7-5-14)26-18-21-10-13(19)11-22-18/h4-11H,3H2,1-2H3. The van der Waals surface area contributed by atoms with E-state index in [9.17, 15) is 4.79 Å². The van der Waals surface area contributed by atoms with E-state index in [1.807, 2.05) is 6.92 Å². The normalized spacial score (nSPS) is 10.4. The maximum Gasteiger partial charge on any atom is 0.321 e. The van der Waals surface area contributed by atoms with Crippen LogP contribution in [0.15, 0.2) is 53.4 Å². The third-order valence-electron chi connectivity index (χ3n) is 3.45. The fourth-order valence-electron chi connectivity index (χ4n) is 2.28. The molecule has 132 valence electrons. The molecule has 8 heteroatoms. The maximum atomic E-state index is 12.2. The smallest absolute Gasteiger partial charge is 0.321 e. The molecule has 0 unspecified atom stereocenters. The van der Waals surface area contributed by atoms with Crippen LogP contribution in [0, 0.1) is 0 Å². The van der Waals surface area contributed by atoms with Crippen molar-refractivity contribution in [3.63, 3.8) is 0 Å². The highest BCUT2D eigenvalue weighted by Gasteiger charge is 2.16. The number of halogens is 1. The van der Waals surface area contributed by atoms with E-state index in [0.717, 1.165) is 4.47 Å². The molecule has 0 saturated heterocycles. The van der Waals surface area contributed by atoms with E-state index in [1.165, 1.54) is 11.8 Å². The van der Waals surface area contributed by atoms with E-state index in [-0.39, 0.29) is 11.9 Å². The Morgan fingerprint density at radius 1 is 1.12 bits per heavy atom. The minimum absolute atomic E-state index is 0.143. The van der Waals surface area contributed by atoms with E-state index < -0.39 is 0 Å². The van der Waals surface area contributed by atoms with Crippen LogP contribution in [0.5, 0.6) is 11.8 Å². The number of nitrogens with zero attached hydrogens (tertiary/aromatic N) is 5. The van der Waals surface area contributed by atoms with Gasteiger partial charge >= 0.3 is 6.01 Å². The topological polar surface area (TPSA) is 81.1 Å². The molecule has 0 aliphatic heterocycles. The summed E-state index contributed by atoms with van der Waals surface area (Å²) in [5.41, 5.74) is 0.683. The number of anilines is 2. The third kappa shape index (κ3) is 4.20. The Kier molecular flexibility index (Phi) is 5.52. The van der Waals surface area contributed by atoms with Gasteiger partial charge in [0.2, 0.25) is 5.91 Å². The first-order chi connectivity index (χ1) is 12.6. The fourth-order valence-corrected chi connectivity index (χ4v) is 2.49. The Labute approximate surface area is 159 Å². The molecular formula is C18H16BrN5O2. The highest BCUT2D eigenvalue weighted by atomic mass is 79.9. The first kappa shape index (κ1) is 17.9. The number of rotatable bonds is 5. The van der Waals surface area contributed by atoms with Gasteiger partial charge < -0.3 is 4.74 Å². The maximum absolute atomic E-state index is 12.2. The molecular weight excluding hydrogens is 398 g/mol. The van der Waals surface area contributed by atoms with Crippen LogP contribution in [0.3, 0.4) is 0 Å². The van der Waals surface area contributed by atoms with Crippen LogP contribution in [0.25, 0.3) is 0 Å². The molecule has 3 aromatic rings. The number of aryl methyl sites for hydroxylation is 1. The lowest BCUT2D eigenvalue weighted by atomic mass is 10.2. The summed E-state index contributed by atoms with van der Waals surface area (Å²) in [6, 6.07) is 9.01. The zero-order chi connectivity index (χ0) is 18.5. The fraction of sp³-hybridized carbons (Fsp3) is 0.167. The Hall–Kier alpha value is -2.87. The van der Waals surface area contributed by atoms with E-state index in [0.29, 0.717) is 29.5 Å². The van der Waals surface area contributed by atoms with Crippen LogP contribution in [0.2, 0.25) is 0 Å². The van der Waals surface area contributed by atoms with Gasteiger partial charge in [0.05, 0.1) is 10.2 Å². The van der Waals surface area contributed by atoms with Crippen LogP contribution < -0.4 is 9.64 Å². The molecule has 2 aromatic heterocycles. The van der Waals surface area contributed by atoms with Crippen molar-refractivity contribution in [2.75, 3.05) is 4.90 Å². The summed E-state index contributed by atoms with van der Waals surface area (Å²) < 4.78 is 6.37. The average Bonchev–Trinajstić information content (AvgIpc) is 2.65. The summed E-state index contributed by atoms with van der Waals surface area (Å²) in [7, 11) is 0. The minimum Gasteiger partial charge on any atom is -0.424 e. The molecule has 0 aliphatic rings. The summed E-state index contributed by atoms with van der Waals surface area (Å²) in [6.45, 7) is 3.46. The van der Waals surface area contributed by atoms with Crippen molar-refractivity contribution in [3.8, 4) is 11.8 Å². The second kappa shape index (κ2) is 8.01. The molecule has 0 radical (unpaired) electrons. The van der Waals surface area contributed by atoms with Crippen molar-refractivity contribution in [1.29, 1.82) is 0 Å². The predicted molar refractivity (Wildman–Crippen MR) is 100 cm³/mol. The molecule has 0 aliphatic carbocycles. The number of aromatic nitrogens is 4. The minimum atomic E-state index is -0.143. The van der Waals surface area contributed by atoms with Gasteiger partial charge in [-0.05, 0) is 46.3 Å². The molecule has 2 heterocycles. The summed E-state index contributed by atoms with van der Waals surface area (Å²) in [5.74, 6) is 1.64. The monoisotopic (exact) mass is 413 g/mol. The zero-order valence-electron chi connectivity index (χ0n) is 14.3. The summed E-state index contributed by atoms with van der Waals surface area (Å²) in [4.78, 5) is 30.4. The Bertz CT molecular complexity index is 900. The Morgan fingerprint density at radius 3 is 2.42 bits per heavy atom. The van der Waals surface area contributed by atoms with Crippen LogP contribution >= 0.6 is 15.9 Å². The molecule has 0 bridgehead atoms. The Morgan fingerprint density at radius 2 is 1.81 bits per heavy atom. The number of hydrogen-bond donors (Lipinski definition) is 0. The molecule has 0 saturated carbocycles. The summed E-state index contributed by atoms with van der Waals surface area (Å²) in [6.07, 6.45) is 5.56. The van der Waals surface area contributed by atoms with Crippen LogP contribution in [-0.4, -0.2) is 25.8 Å². The highest BCUT2D eigenvalue weighted by molar-refractivity contribution is 9.10. The van der Waals surface area contributed by atoms with E-state index in [1.54, 1.807) is 48.9 Å². The second-order valence-corrected chi connectivity index (χ2v) is 6.23. The van der Waals surface area contributed by atoms with Crippen LogP contribution in [-0.2, 0) is 11.2 Å². The zero-order valence-corrected chi connectivity index (χ0v) is 15.8. The number of amides is 1. The number of hydrogen-bond acceptors (Lipinski definition) is 6. The molecule has 0 spiro atoms. The van der Waals surface area contributed by atoms with Gasteiger partial charge in [0.15, 0.2) is 0 Å². The van der Waals surface area contributed by atoms with Crippen molar-refractivity contribution in [2.24, 2.45) is 0 Å². The SMILES string of the molecule is CCc1nccc(N(C(C)=O)c2ccc(Oc3ncc(Br)cn3)cc2)n1. The van der Waals surface area contributed by atoms with Gasteiger partial charge in [-0.3, -0.25) is 9.69 Å². The number of carbonyl (C=O) groups excluding carboxylic acids is 1. The lowest BCUT2D eigenvalue weighted by Gasteiger charge is -2.20. The first-order valence-electron chi connectivity index (χ1n) is 7.95. The van der Waals surface area contributed by atoms with E-state index in [4.69, 9.17) is 4.74 Å². The molecule has 0 atom stereocenters. The molecule has 7 nitrogen and oxygen atoms in total. The quantitative estimate of drug-likeness (QED) is 0.626. The van der Waals surface area contributed by atoms with Gasteiger partial charge in [-0.15, -0.1) is 0 Å². The molecule has 3 rings (SSSR count). The van der Waals surface area contributed by atoms with Gasteiger partial charge in [0, 0.05) is 31.9 Å². The van der Waals surface area contributed by atoms with Crippen molar-refractivity contribution >= 4 is 33.3 Å². The Balaban J connectivity index is 1.84. The first-order valence-corrected chi connectivity index (χ1v) is 8.74. The van der Waals surface area contributed by atoms with Crippen molar-refractivity contribution in [2.45, 2.75) is 20.3 Å². The van der Waals surface area contributed by atoms with Crippen molar-refractivity contribution < 1.29 is 9.53 Å². The van der Waals surface area contributed by atoms with Gasteiger partial charge in [-0.1, -0.05) is 6.92 Å². The summed E-state index contributed by atoms with van der Waals surface area (Å²) >= 11 is 3.27. The predicted octanol–water partition coefficient (Wildman–Crippen LogP) is 4.07. The molecule has 1 aromatic carbocycles. The largest absolute Gasteiger partial charge is 0.424 e.